The van der Waals surface area contributed by atoms with Crippen LogP contribution in [0.15, 0.2) is 18.2 Å². The number of benzene rings is 1. The lowest BCUT2D eigenvalue weighted by Gasteiger charge is -2.11. The van der Waals surface area contributed by atoms with Gasteiger partial charge in [0.05, 0.1) is 17.7 Å². The molecule has 1 aromatic carbocycles. The summed E-state index contributed by atoms with van der Waals surface area (Å²) in [5, 5.41) is 21.9. The second-order valence-electron chi connectivity index (χ2n) is 2.85. The minimum atomic E-state index is -0.643. The van der Waals surface area contributed by atoms with E-state index < -0.39 is 6.10 Å². The lowest BCUT2D eigenvalue weighted by Crippen LogP contribution is -2.20. The number of hydrogen-bond donors (Lipinski definition) is 3. The molecule has 0 amide bonds. The van der Waals surface area contributed by atoms with E-state index in [1.165, 1.54) is 6.07 Å². The summed E-state index contributed by atoms with van der Waals surface area (Å²) in [6, 6.07) is 4.65. The molecule has 14 heavy (non-hydrogen) atoms. The molecule has 1 aromatic rings. The Kier molecular flexibility index (Phi) is 4.32. The Hall–Kier alpha value is -0.640. The number of halogens is 2. The predicted octanol–water partition coefficient (Wildman–Crippen LogP) is 2.06. The summed E-state index contributed by atoms with van der Waals surface area (Å²) in [6.45, 7) is 0.275. The van der Waals surface area contributed by atoms with E-state index in [0.29, 0.717) is 10.7 Å². The Morgan fingerprint density at radius 1 is 1.43 bits per heavy atom. The van der Waals surface area contributed by atoms with Gasteiger partial charge in [0.2, 0.25) is 0 Å². The van der Waals surface area contributed by atoms with Crippen molar-refractivity contribution in [2.75, 3.05) is 17.7 Å². The number of phenols is 1. The highest BCUT2D eigenvalue weighted by Crippen LogP contribution is 2.26. The molecule has 78 valence electrons. The molecule has 0 spiro atoms. The average Bonchev–Trinajstić information content (AvgIpc) is 2.19. The molecule has 3 N–H and O–H groups in total. The minimum Gasteiger partial charge on any atom is -0.506 e. The molecule has 0 radical (unpaired) electrons. The van der Waals surface area contributed by atoms with Crippen LogP contribution in [0, 0.1) is 0 Å². The first-order chi connectivity index (χ1) is 6.63. The van der Waals surface area contributed by atoms with Crippen molar-refractivity contribution >= 4 is 28.9 Å². The molecular formula is C9H11Cl2NO2. The summed E-state index contributed by atoms with van der Waals surface area (Å²) in [7, 11) is 0. The zero-order valence-electron chi connectivity index (χ0n) is 7.37. The molecule has 5 heteroatoms. The zero-order valence-corrected chi connectivity index (χ0v) is 8.89. The summed E-state index contributed by atoms with van der Waals surface area (Å²) in [4.78, 5) is 0. The van der Waals surface area contributed by atoms with E-state index in [1.54, 1.807) is 12.1 Å². The Morgan fingerprint density at radius 2 is 2.14 bits per heavy atom. The summed E-state index contributed by atoms with van der Waals surface area (Å²) in [6.07, 6.45) is -0.643. The van der Waals surface area contributed by atoms with Crippen molar-refractivity contribution in [1.82, 2.24) is 0 Å². The maximum Gasteiger partial charge on any atom is 0.138 e. The number of phenolic OH excluding ortho intramolecular Hbond substituents is 1. The fraction of sp³-hybridized carbons (Fsp3) is 0.333. The van der Waals surface area contributed by atoms with Crippen molar-refractivity contribution in [2.24, 2.45) is 0 Å². The van der Waals surface area contributed by atoms with Crippen LogP contribution in [0.3, 0.4) is 0 Å². The minimum absolute atomic E-state index is 0.0937. The zero-order chi connectivity index (χ0) is 10.6. The molecule has 0 bridgehead atoms. The van der Waals surface area contributed by atoms with Crippen molar-refractivity contribution in [3.63, 3.8) is 0 Å². The van der Waals surface area contributed by atoms with E-state index in [1.807, 2.05) is 0 Å². The number of anilines is 1. The number of alkyl halides is 1. The topological polar surface area (TPSA) is 52.5 Å². The highest BCUT2D eigenvalue weighted by Gasteiger charge is 2.04. The van der Waals surface area contributed by atoms with Crippen molar-refractivity contribution in [2.45, 2.75) is 6.10 Å². The highest BCUT2D eigenvalue weighted by atomic mass is 35.5. The number of aliphatic hydroxyl groups is 1. The van der Waals surface area contributed by atoms with Gasteiger partial charge in [0.25, 0.3) is 0 Å². The van der Waals surface area contributed by atoms with Gasteiger partial charge in [0.1, 0.15) is 5.75 Å². The van der Waals surface area contributed by atoms with Gasteiger partial charge in [0.15, 0.2) is 0 Å². The van der Waals surface area contributed by atoms with Crippen molar-refractivity contribution in [3.05, 3.63) is 23.2 Å². The molecule has 1 atom stereocenters. The maximum atomic E-state index is 9.38. The van der Waals surface area contributed by atoms with Crippen molar-refractivity contribution in [3.8, 4) is 5.75 Å². The fourth-order valence-electron chi connectivity index (χ4n) is 0.932. The number of nitrogens with one attached hydrogen (secondary N) is 1. The van der Waals surface area contributed by atoms with Crippen molar-refractivity contribution in [1.29, 1.82) is 0 Å². The third-order valence-electron chi connectivity index (χ3n) is 1.66. The molecule has 1 rings (SSSR count). The summed E-state index contributed by atoms with van der Waals surface area (Å²) < 4.78 is 0. The van der Waals surface area contributed by atoms with E-state index in [-0.39, 0.29) is 18.2 Å². The van der Waals surface area contributed by atoms with Gasteiger partial charge in [-0.2, -0.15) is 0 Å². The van der Waals surface area contributed by atoms with Crippen LogP contribution in [0.1, 0.15) is 0 Å². The van der Waals surface area contributed by atoms with Crippen LogP contribution in [0.2, 0.25) is 5.02 Å². The average molecular weight is 236 g/mol. The predicted molar refractivity (Wildman–Crippen MR) is 58.3 cm³/mol. The number of rotatable bonds is 4. The van der Waals surface area contributed by atoms with E-state index in [4.69, 9.17) is 23.2 Å². The standard InChI is InChI=1S/C9H11Cl2NO2/c10-4-7(13)5-12-8-3-6(11)1-2-9(8)14/h1-3,7,12-14H,4-5H2/t7-/m0/s1. The molecule has 0 aliphatic heterocycles. The first-order valence-corrected chi connectivity index (χ1v) is 5.01. The van der Waals surface area contributed by atoms with Gasteiger partial charge in [-0.25, -0.2) is 0 Å². The first-order valence-electron chi connectivity index (χ1n) is 4.10. The Morgan fingerprint density at radius 3 is 2.79 bits per heavy atom. The normalized spacial score (nSPS) is 12.5. The molecule has 0 aliphatic carbocycles. The van der Waals surface area contributed by atoms with Gasteiger partial charge < -0.3 is 15.5 Å². The van der Waals surface area contributed by atoms with Gasteiger partial charge in [-0.1, -0.05) is 11.6 Å². The van der Waals surface area contributed by atoms with Crippen molar-refractivity contribution < 1.29 is 10.2 Å². The van der Waals surface area contributed by atoms with Crippen LogP contribution in [0.4, 0.5) is 5.69 Å². The lowest BCUT2D eigenvalue weighted by molar-refractivity contribution is 0.211. The molecule has 0 saturated heterocycles. The second kappa shape index (κ2) is 5.29. The van der Waals surface area contributed by atoms with Crippen LogP contribution in [0.5, 0.6) is 5.75 Å². The lowest BCUT2D eigenvalue weighted by atomic mass is 10.3. The maximum absolute atomic E-state index is 9.38. The van der Waals surface area contributed by atoms with E-state index in [2.05, 4.69) is 5.32 Å². The highest BCUT2D eigenvalue weighted by molar-refractivity contribution is 6.30. The molecule has 3 nitrogen and oxygen atoms in total. The van der Waals surface area contributed by atoms with Crippen LogP contribution < -0.4 is 5.32 Å². The van der Waals surface area contributed by atoms with Gasteiger partial charge in [-0.05, 0) is 18.2 Å². The second-order valence-corrected chi connectivity index (χ2v) is 3.60. The van der Waals surface area contributed by atoms with Crippen LogP contribution >= 0.6 is 23.2 Å². The SMILES string of the molecule is Oc1ccc(Cl)cc1NC[C@@H](O)CCl. The number of aliphatic hydroxyl groups excluding tert-OH is 1. The Labute approximate surface area is 92.3 Å². The third-order valence-corrected chi connectivity index (χ3v) is 2.26. The molecule has 0 aliphatic rings. The van der Waals surface area contributed by atoms with Gasteiger partial charge >= 0.3 is 0 Å². The summed E-state index contributed by atoms with van der Waals surface area (Å²) in [5.41, 5.74) is 0.488. The van der Waals surface area contributed by atoms with Crippen LogP contribution in [-0.2, 0) is 0 Å². The molecular weight excluding hydrogens is 225 g/mol. The molecule has 0 fully saturated rings. The Balaban J connectivity index is 2.62. The molecule has 0 saturated carbocycles. The number of aromatic hydroxyl groups is 1. The third kappa shape index (κ3) is 3.25. The van der Waals surface area contributed by atoms with Crippen LogP contribution in [-0.4, -0.2) is 28.7 Å². The summed E-state index contributed by atoms with van der Waals surface area (Å²) in [5.74, 6) is 0.241. The molecule has 0 heterocycles. The largest absolute Gasteiger partial charge is 0.506 e. The van der Waals surface area contributed by atoms with Gasteiger partial charge in [-0.15, -0.1) is 11.6 Å². The summed E-state index contributed by atoms with van der Waals surface area (Å²) >= 11 is 11.1. The van der Waals surface area contributed by atoms with Gasteiger partial charge in [0, 0.05) is 11.6 Å². The van der Waals surface area contributed by atoms with E-state index in [9.17, 15) is 10.2 Å². The number of hydrogen-bond acceptors (Lipinski definition) is 3. The smallest absolute Gasteiger partial charge is 0.138 e. The van der Waals surface area contributed by atoms with Gasteiger partial charge in [-0.3, -0.25) is 0 Å². The quantitative estimate of drug-likeness (QED) is 0.554. The van der Waals surface area contributed by atoms with E-state index >= 15 is 0 Å². The molecule has 0 aromatic heterocycles. The van der Waals surface area contributed by atoms with Crippen LogP contribution in [0.25, 0.3) is 0 Å². The monoisotopic (exact) mass is 235 g/mol. The fourth-order valence-corrected chi connectivity index (χ4v) is 1.21. The first kappa shape index (κ1) is 11.4. The Bertz CT molecular complexity index is 307. The van der Waals surface area contributed by atoms with E-state index in [0.717, 1.165) is 0 Å². The molecule has 0 unspecified atom stereocenters.